The fraction of sp³-hybridized carbons (Fsp3) is 0.407. The number of amides is 5. The minimum Gasteiger partial charge on any atom is -0.445 e. The van der Waals surface area contributed by atoms with Gasteiger partial charge in [-0.05, 0) is 51.2 Å². The van der Waals surface area contributed by atoms with E-state index in [2.05, 4.69) is 10.6 Å². The van der Waals surface area contributed by atoms with Crippen molar-refractivity contribution in [3.8, 4) is 0 Å². The molecule has 37 heavy (non-hydrogen) atoms. The van der Waals surface area contributed by atoms with Gasteiger partial charge in [-0.25, -0.2) is 14.4 Å². The zero-order chi connectivity index (χ0) is 27.3. The normalized spacial score (nSPS) is 11.6. The third-order valence-electron chi connectivity index (χ3n) is 5.14. The van der Waals surface area contributed by atoms with E-state index in [0.29, 0.717) is 12.8 Å². The SMILES string of the molecule is CC(C)(C)OC(=O)NCCCC(NC(=O)OCc1ccccc1)C(=O)N(CCc1ccccc1)C(N)=O. The van der Waals surface area contributed by atoms with Crippen LogP contribution in [-0.2, 0) is 27.3 Å². The summed E-state index contributed by atoms with van der Waals surface area (Å²) < 4.78 is 10.4. The molecule has 0 saturated carbocycles. The van der Waals surface area contributed by atoms with Crippen molar-refractivity contribution < 1.29 is 28.7 Å². The number of nitrogens with one attached hydrogen (secondary N) is 2. The molecule has 1 atom stereocenters. The molecule has 0 saturated heterocycles. The Bertz CT molecular complexity index is 1020. The Morgan fingerprint density at radius 2 is 1.51 bits per heavy atom. The highest BCUT2D eigenvalue weighted by atomic mass is 16.6. The Kier molecular flexibility index (Phi) is 11.4. The molecule has 200 valence electrons. The highest BCUT2D eigenvalue weighted by Gasteiger charge is 2.29. The molecule has 5 amide bonds. The Labute approximate surface area is 217 Å². The van der Waals surface area contributed by atoms with Crippen molar-refractivity contribution in [2.24, 2.45) is 5.73 Å². The fourth-order valence-corrected chi connectivity index (χ4v) is 3.38. The van der Waals surface area contributed by atoms with Gasteiger partial charge in [0.05, 0.1) is 0 Å². The minimum atomic E-state index is -1.09. The topological polar surface area (TPSA) is 140 Å². The largest absolute Gasteiger partial charge is 0.445 e. The van der Waals surface area contributed by atoms with Crippen molar-refractivity contribution in [3.05, 3.63) is 71.8 Å². The molecule has 2 aromatic rings. The van der Waals surface area contributed by atoms with Crippen LogP contribution in [0.3, 0.4) is 0 Å². The lowest BCUT2D eigenvalue weighted by Gasteiger charge is -2.25. The standard InChI is InChI=1S/C27H36N4O6/c1-27(2,3)37-25(34)29-17-10-15-22(30-26(35)36-19-21-13-8-5-9-14-21)23(32)31(24(28)33)18-16-20-11-6-4-7-12-20/h4-9,11-14,22H,10,15-19H2,1-3H3,(H2,28,33)(H,29,34)(H,30,35). The number of carbonyl (C=O) groups is 4. The fourth-order valence-electron chi connectivity index (χ4n) is 3.38. The van der Waals surface area contributed by atoms with Gasteiger partial charge in [0, 0.05) is 13.1 Å². The quantitative estimate of drug-likeness (QED) is 0.392. The van der Waals surface area contributed by atoms with Gasteiger partial charge in [0.1, 0.15) is 18.2 Å². The van der Waals surface area contributed by atoms with E-state index in [-0.39, 0.29) is 26.1 Å². The van der Waals surface area contributed by atoms with Crippen molar-refractivity contribution >= 4 is 24.1 Å². The van der Waals surface area contributed by atoms with Crippen molar-refractivity contribution in [2.45, 2.75) is 58.3 Å². The number of urea groups is 1. The molecular weight excluding hydrogens is 476 g/mol. The van der Waals surface area contributed by atoms with Crippen LogP contribution < -0.4 is 16.4 Å². The third-order valence-corrected chi connectivity index (χ3v) is 5.14. The maximum atomic E-state index is 13.3. The zero-order valence-electron chi connectivity index (χ0n) is 21.6. The molecule has 0 bridgehead atoms. The van der Waals surface area contributed by atoms with E-state index in [1.165, 1.54) is 0 Å². The molecule has 0 spiro atoms. The summed E-state index contributed by atoms with van der Waals surface area (Å²) >= 11 is 0. The zero-order valence-corrected chi connectivity index (χ0v) is 21.6. The minimum absolute atomic E-state index is 0.0152. The van der Waals surface area contributed by atoms with E-state index in [1.807, 2.05) is 48.5 Å². The predicted molar refractivity (Wildman–Crippen MR) is 138 cm³/mol. The Balaban J connectivity index is 2.02. The first kappa shape index (κ1) is 29.2. The van der Waals surface area contributed by atoms with Crippen LogP contribution in [0.2, 0.25) is 0 Å². The molecule has 2 aromatic carbocycles. The van der Waals surface area contributed by atoms with Gasteiger partial charge in [0.2, 0.25) is 0 Å². The number of carbonyl (C=O) groups excluding carboxylic acids is 4. The molecule has 10 nitrogen and oxygen atoms in total. The summed E-state index contributed by atoms with van der Waals surface area (Å²) in [5.74, 6) is -0.655. The van der Waals surface area contributed by atoms with Gasteiger partial charge in [0.25, 0.3) is 5.91 Å². The van der Waals surface area contributed by atoms with Crippen LogP contribution >= 0.6 is 0 Å². The summed E-state index contributed by atoms with van der Waals surface area (Å²) in [5, 5.41) is 5.15. The number of hydrogen-bond acceptors (Lipinski definition) is 6. The Morgan fingerprint density at radius 1 is 0.919 bits per heavy atom. The second-order valence-corrected chi connectivity index (χ2v) is 9.39. The molecule has 4 N–H and O–H groups in total. The van der Waals surface area contributed by atoms with Crippen LogP contribution in [0.5, 0.6) is 0 Å². The summed E-state index contributed by atoms with van der Waals surface area (Å²) in [7, 11) is 0. The lowest BCUT2D eigenvalue weighted by Crippen LogP contribution is -2.52. The monoisotopic (exact) mass is 512 g/mol. The van der Waals surface area contributed by atoms with E-state index < -0.39 is 35.8 Å². The summed E-state index contributed by atoms with van der Waals surface area (Å²) in [6.45, 7) is 5.51. The lowest BCUT2D eigenvalue weighted by molar-refractivity contribution is -0.130. The predicted octanol–water partition coefficient (Wildman–Crippen LogP) is 3.74. The van der Waals surface area contributed by atoms with Crippen LogP contribution in [0.4, 0.5) is 14.4 Å². The third kappa shape index (κ3) is 11.5. The van der Waals surface area contributed by atoms with Gasteiger partial charge in [-0.2, -0.15) is 0 Å². The molecule has 0 aliphatic carbocycles. The van der Waals surface area contributed by atoms with Gasteiger partial charge in [-0.1, -0.05) is 60.7 Å². The number of nitrogens with zero attached hydrogens (tertiary/aromatic N) is 1. The number of alkyl carbamates (subject to hydrolysis) is 2. The maximum absolute atomic E-state index is 13.3. The van der Waals surface area contributed by atoms with E-state index in [1.54, 1.807) is 32.9 Å². The van der Waals surface area contributed by atoms with Gasteiger partial charge in [-0.15, -0.1) is 0 Å². The molecule has 0 radical (unpaired) electrons. The van der Waals surface area contributed by atoms with Crippen LogP contribution in [0.25, 0.3) is 0 Å². The summed E-state index contributed by atoms with van der Waals surface area (Å²) in [5.41, 5.74) is 6.57. The van der Waals surface area contributed by atoms with Crippen LogP contribution in [-0.4, -0.2) is 53.8 Å². The second kappa shape index (κ2) is 14.5. The molecule has 0 aliphatic heterocycles. The number of benzene rings is 2. The van der Waals surface area contributed by atoms with E-state index >= 15 is 0 Å². The molecule has 2 rings (SSSR count). The smallest absolute Gasteiger partial charge is 0.408 e. The van der Waals surface area contributed by atoms with Crippen LogP contribution in [0.15, 0.2) is 60.7 Å². The summed E-state index contributed by atoms with van der Waals surface area (Å²) in [4.78, 5) is 50.7. The highest BCUT2D eigenvalue weighted by molar-refractivity contribution is 5.97. The highest BCUT2D eigenvalue weighted by Crippen LogP contribution is 2.09. The van der Waals surface area contributed by atoms with Gasteiger partial charge < -0.3 is 25.8 Å². The van der Waals surface area contributed by atoms with Gasteiger partial charge in [0.15, 0.2) is 0 Å². The van der Waals surface area contributed by atoms with Crippen molar-refractivity contribution in [1.29, 1.82) is 0 Å². The molecule has 10 heteroatoms. The first-order valence-corrected chi connectivity index (χ1v) is 12.1. The van der Waals surface area contributed by atoms with Crippen molar-refractivity contribution in [2.75, 3.05) is 13.1 Å². The first-order valence-electron chi connectivity index (χ1n) is 12.1. The molecule has 0 aliphatic rings. The van der Waals surface area contributed by atoms with E-state index in [0.717, 1.165) is 16.0 Å². The van der Waals surface area contributed by atoms with E-state index in [4.69, 9.17) is 15.2 Å². The summed E-state index contributed by atoms with van der Waals surface area (Å²) in [6, 6.07) is 16.4. The molecule has 1 unspecified atom stereocenters. The number of primary amides is 1. The van der Waals surface area contributed by atoms with Crippen molar-refractivity contribution in [3.63, 3.8) is 0 Å². The molecule has 0 aromatic heterocycles. The maximum Gasteiger partial charge on any atom is 0.408 e. The molecular formula is C27H36N4O6. The van der Waals surface area contributed by atoms with Crippen molar-refractivity contribution in [1.82, 2.24) is 15.5 Å². The van der Waals surface area contributed by atoms with E-state index in [9.17, 15) is 19.2 Å². The number of rotatable bonds is 11. The number of imide groups is 1. The average molecular weight is 513 g/mol. The van der Waals surface area contributed by atoms with Gasteiger partial charge >= 0.3 is 18.2 Å². The first-order chi connectivity index (χ1) is 17.5. The van der Waals surface area contributed by atoms with Crippen LogP contribution in [0.1, 0.15) is 44.7 Å². The number of ether oxygens (including phenoxy) is 2. The second-order valence-electron chi connectivity index (χ2n) is 9.39. The number of nitrogens with two attached hydrogens (primary N) is 1. The Morgan fingerprint density at radius 3 is 2.08 bits per heavy atom. The molecule has 0 heterocycles. The lowest BCUT2D eigenvalue weighted by atomic mass is 10.1. The van der Waals surface area contributed by atoms with Crippen LogP contribution in [0, 0.1) is 0 Å². The molecule has 0 fully saturated rings. The number of hydrogen-bond donors (Lipinski definition) is 3. The summed E-state index contributed by atoms with van der Waals surface area (Å²) in [6.07, 6.45) is -0.549. The average Bonchev–Trinajstić information content (AvgIpc) is 2.84. The van der Waals surface area contributed by atoms with Gasteiger partial charge in [-0.3, -0.25) is 9.69 Å². The Hall–Kier alpha value is -4.08.